The van der Waals surface area contributed by atoms with Gasteiger partial charge in [0, 0.05) is 33.3 Å². The minimum Gasteiger partial charge on any atom is -0.463 e. The number of carbonyl (C=O) groups is 3. The first kappa shape index (κ1) is 34.3. The quantitative estimate of drug-likeness (QED) is 0.159. The van der Waals surface area contributed by atoms with Crippen LogP contribution >= 0.6 is 0 Å². The molecule has 38 heavy (non-hydrogen) atoms. The maximum Gasteiger partial charge on any atom is 0.302 e. The summed E-state index contributed by atoms with van der Waals surface area (Å²) >= 11 is 0. The zero-order chi connectivity index (χ0) is 28.2. The lowest BCUT2D eigenvalue weighted by Crippen LogP contribution is -2.63. The summed E-state index contributed by atoms with van der Waals surface area (Å²) in [7, 11) is 2.01. The van der Waals surface area contributed by atoms with Crippen LogP contribution in [0.15, 0.2) is 0 Å². The van der Waals surface area contributed by atoms with Crippen LogP contribution in [-0.2, 0) is 33.3 Å². The van der Waals surface area contributed by atoms with Crippen molar-refractivity contribution in [3.05, 3.63) is 0 Å². The number of hydrogen-bond acceptors (Lipinski definition) is 8. The summed E-state index contributed by atoms with van der Waals surface area (Å²) < 4.78 is 22.8. The molecule has 9 nitrogen and oxygen atoms in total. The molecule has 0 radical (unpaired) electrons. The molecular weight excluding hydrogens is 488 g/mol. The Balaban J connectivity index is 2.33. The lowest BCUT2D eigenvalue weighted by atomic mass is 9.89. The molecule has 0 aromatic rings. The van der Waals surface area contributed by atoms with E-state index in [4.69, 9.17) is 18.9 Å². The summed E-state index contributed by atoms with van der Waals surface area (Å²) in [5.74, 6) is -1.44. The second-order valence-electron chi connectivity index (χ2n) is 10.6. The molecule has 1 aliphatic heterocycles. The number of nitrogens with one attached hydrogen (secondary N) is 2. The van der Waals surface area contributed by atoms with Crippen LogP contribution in [0, 0.1) is 5.92 Å². The van der Waals surface area contributed by atoms with E-state index in [1.54, 1.807) is 0 Å². The third-order valence-electron chi connectivity index (χ3n) is 7.04. The number of ether oxygens (including phenoxy) is 4. The predicted molar refractivity (Wildman–Crippen MR) is 148 cm³/mol. The van der Waals surface area contributed by atoms with Crippen molar-refractivity contribution in [3.8, 4) is 0 Å². The van der Waals surface area contributed by atoms with Crippen LogP contribution in [-0.4, -0.2) is 69.2 Å². The molecule has 5 atom stereocenters. The average molecular weight is 543 g/mol. The summed E-state index contributed by atoms with van der Waals surface area (Å²) in [6.45, 7) is 7.54. The molecule has 1 heterocycles. The molecule has 222 valence electrons. The fourth-order valence-electron chi connectivity index (χ4n) is 4.91. The topological polar surface area (TPSA) is 112 Å². The zero-order valence-electron chi connectivity index (χ0n) is 24.6. The summed E-state index contributed by atoms with van der Waals surface area (Å²) in [5.41, 5.74) is 0. The molecule has 2 N–H and O–H groups in total. The van der Waals surface area contributed by atoms with Gasteiger partial charge < -0.3 is 29.6 Å². The molecule has 0 aromatic carbocycles. The lowest BCUT2D eigenvalue weighted by Gasteiger charge is -2.44. The molecule has 0 aromatic heterocycles. The smallest absolute Gasteiger partial charge is 0.302 e. The fraction of sp³-hybridized carbons (Fsp3) is 0.897. The Hall–Kier alpha value is -1.71. The largest absolute Gasteiger partial charge is 0.463 e. The third kappa shape index (κ3) is 15.6. The molecule has 9 heteroatoms. The number of rotatable bonds is 21. The molecule has 5 unspecified atom stereocenters. The average Bonchev–Trinajstić information content (AvgIpc) is 2.85. The van der Waals surface area contributed by atoms with Gasteiger partial charge >= 0.3 is 11.9 Å². The van der Waals surface area contributed by atoms with Gasteiger partial charge in [-0.3, -0.25) is 14.4 Å². The van der Waals surface area contributed by atoms with Crippen molar-refractivity contribution in [1.29, 1.82) is 0 Å². The first-order valence-corrected chi connectivity index (χ1v) is 14.8. The Bertz CT molecular complexity index is 661. The van der Waals surface area contributed by atoms with E-state index in [-0.39, 0.29) is 18.4 Å². The van der Waals surface area contributed by atoms with Crippen molar-refractivity contribution in [2.24, 2.45) is 5.92 Å². The minimum absolute atomic E-state index is 0.0254. The second kappa shape index (κ2) is 21.2. The van der Waals surface area contributed by atoms with E-state index in [1.165, 1.54) is 85.0 Å². The van der Waals surface area contributed by atoms with E-state index in [1.807, 2.05) is 14.0 Å². The highest BCUT2D eigenvalue weighted by Gasteiger charge is 2.47. The van der Waals surface area contributed by atoms with Crippen molar-refractivity contribution in [3.63, 3.8) is 0 Å². The van der Waals surface area contributed by atoms with Gasteiger partial charge in [-0.05, 0) is 26.4 Å². The lowest BCUT2D eigenvalue weighted by molar-refractivity contribution is -0.260. The number of unbranched alkanes of at least 4 members (excludes halogenated alkanes) is 12. The van der Waals surface area contributed by atoms with Gasteiger partial charge in [-0.15, -0.1) is 0 Å². The molecule has 1 saturated heterocycles. The fourth-order valence-corrected chi connectivity index (χ4v) is 4.91. The van der Waals surface area contributed by atoms with Crippen LogP contribution in [0.1, 0.15) is 111 Å². The number of amides is 1. The van der Waals surface area contributed by atoms with E-state index in [9.17, 15) is 14.4 Å². The van der Waals surface area contributed by atoms with Gasteiger partial charge in [-0.25, -0.2) is 0 Å². The van der Waals surface area contributed by atoms with Gasteiger partial charge in [0.1, 0.15) is 24.9 Å². The van der Waals surface area contributed by atoms with E-state index in [0.29, 0.717) is 6.61 Å². The van der Waals surface area contributed by atoms with Crippen LogP contribution in [0.25, 0.3) is 0 Å². The molecule has 1 fully saturated rings. The highest BCUT2D eigenvalue weighted by molar-refractivity contribution is 5.73. The molecule has 0 spiro atoms. The van der Waals surface area contributed by atoms with Crippen LogP contribution < -0.4 is 10.6 Å². The molecule has 1 aliphatic rings. The standard InChI is InChI=1S/C29H54N2O7/c1-22-26(21-36-24(3)33)38-29(27(31-23(2)32)28(22)37-25(4)34)35-20-18-16-14-12-10-8-6-7-9-11-13-15-17-19-30-5/h22,26-30H,6-21H2,1-5H3,(H,31,32). The summed E-state index contributed by atoms with van der Waals surface area (Å²) in [4.78, 5) is 35.0. The van der Waals surface area contributed by atoms with Crippen LogP contribution in [0.2, 0.25) is 0 Å². The zero-order valence-corrected chi connectivity index (χ0v) is 24.6. The molecule has 1 rings (SSSR count). The van der Waals surface area contributed by atoms with E-state index in [2.05, 4.69) is 10.6 Å². The Morgan fingerprint density at radius 2 is 1.29 bits per heavy atom. The van der Waals surface area contributed by atoms with Crippen molar-refractivity contribution >= 4 is 17.8 Å². The van der Waals surface area contributed by atoms with Crippen LogP contribution in [0.4, 0.5) is 0 Å². The molecule has 1 amide bonds. The van der Waals surface area contributed by atoms with Crippen molar-refractivity contribution in [2.75, 3.05) is 26.8 Å². The number of hydrogen-bond donors (Lipinski definition) is 2. The van der Waals surface area contributed by atoms with Crippen LogP contribution in [0.3, 0.4) is 0 Å². The van der Waals surface area contributed by atoms with Gasteiger partial charge in [0.15, 0.2) is 6.29 Å². The van der Waals surface area contributed by atoms with Crippen molar-refractivity contribution < 1.29 is 33.3 Å². The highest BCUT2D eigenvalue weighted by atomic mass is 16.7. The van der Waals surface area contributed by atoms with E-state index in [0.717, 1.165) is 25.8 Å². The Labute approximate surface area is 230 Å². The van der Waals surface area contributed by atoms with Gasteiger partial charge in [0.2, 0.25) is 5.91 Å². The minimum atomic E-state index is -0.802. The van der Waals surface area contributed by atoms with Gasteiger partial charge in [0.05, 0.1) is 0 Å². The van der Waals surface area contributed by atoms with Crippen LogP contribution in [0.5, 0.6) is 0 Å². The predicted octanol–water partition coefficient (Wildman–Crippen LogP) is 4.65. The maximum atomic E-state index is 11.9. The Morgan fingerprint density at radius 3 is 1.76 bits per heavy atom. The monoisotopic (exact) mass is 542 g/mol. The first-order valence-electron chi connectivity index (χ1n) is 14.8. The van der Waals surface area contributed by atoms with Crippen molar-refractivity contribution in [1.82, 2.24) is 10.6 Å². The number of esters is 2. The molecule has 0 bridgehead atoms. The Morgan fingerprint density at radius 1 is 0.763 bits per heavy atom. The number of carbonyl (C=O) groups excluding carboxylic acids is 3. The molecular formula is C29H54N2O7. The van der Waals surface area contributed by atoms with Gasteiger partial charge in [0.25, 0.3) is 0 Å². The van der Waals surface area contributed by atoms with E-state index < -0.39 is 36.5 Å². The Kier molecular flexibility index (Phi) is 19.1. The van der Waals surface area contributed by atoms with Gasteiger partial charge in [-0.2, -0.15) is 0 Å². The molecule has 0 saturated carbocycles. The first-order chi connectivity index (χ1) is 18.3. The normalized spacial score (nSPS) is 23.1. The van der Waals surface area contributed by atoms with Crippen molar-refractivity contribution in [2.45, 2.75) is 136 Å². The third-order valence-corrected chi connectivity index (χ3v) is 7.04. The second-order valence-corrected chi connectivity index (χ2v) is 10.6. The summed E-state index contributed by atoms with van der Waals surface area (Å²) in [5, 5.41) is 6.03. The maximum absolute atomic E-state index is 11.9. The summed E-state index contributed by atoms with van der Waals surface area (Å²) in [6.07, 6.45) is 14.3. The van der Waals surface area contributed by atoms with E-state index >= 15 is 0 Å². The summed E-state index contributed by atoms with van der Waals surface area (Å²) in [6, 6.07) is -0.645. The SMILES string of the molecule is CNCCCCCCCCCCCCCCCOC1OC(COC(C)=O)C(C)C(OC(C)=O)C1NC(C)=O. The highest BCUT2D eigenvalue weighted by Crippen LogP contribution is 2.30. The van der Waals surface area contributed by atoms with Gasteiger partial charge in [-0.1, -0.05) is 77.6 Å². The molecule has 0 aliphatic carbocycles.